The molecule has 1 aromatic carbocycles. The molecule has 0 saturated carbocycles. The lowest BCUT2D eigenvalue weighted by molar-refractivity contribution is 0.0696. The van der Waals surface area contributed by atoms with Gasteiger partial charge in [0.25, 0.3) is 0 Å². The number of hydrogen-bond acceptors (Lipinski definition) is 3. The zero-order valence-electron chi connectivity index (χ0n) is 7.90. The maximum Gasteiger partial charge on any atom is 0.335 e. The number of carboxylic acid groups (broad SMARTS) is 1. The zero-order chi connectivity index (χ0) is 11.6. The minimum Gasteiger partial charge on any atom is -0.478 e. The van der Waals surface area contributed by atoms with Crippen LogP contribution in [0.15, 0.2) is 18.2 Å². The van der Waals surface area contributed by atoms with Crippen LogP contribution in [0.25, 0.3) is 0 Å². The second-order valence-corrected chi connectivity index (χ2v) is 5.73. The monoisotopic (exact) mass is 248 g/mol. The molecule has 0 unspecified atom stereocenters. The van der Waals surface area contributed by atoms with E-state index in [1.807, 2.05) is 0 Å². The van der Waals surface area contributed by atoms with Gasteiger partial charge in [0.05, 0.1) is 11.3 Å². The lowest BCUT2D eigenvalue weighted by Crippen LogP contribution is -2.04. The third-order valence-electron chi connectivity index (χ3n) is 1.71. The molecule has 0 bridgehead atoms. The van der Waals surface area contributed by atoms with Crippen LogP contribution in [0.3, 0.4) is 0 Å². The molecule has 0 amide bonds. The SMILES string of the molecule is CS(=O)(=O)Cc1cc(C(=O)O)ccc1Cl. The molecule has 0 saturated heterocycles. The number of benzene rings is 1. The van der Waals surface area contributed by atoms with Crippen molar-refractivity contribution in [1.82, 2.24) is 0 Å². The standard InChI is InChI=1S/C9H9ClO4S/c1-15(13,14)5-7-4-6(9(11)12)2-3-8(7)10/h2-4H,5H2,1H3,(H,11,12). The van der Waals surface area contributed by atoms with Crippen LogP contribution in [0.5, 0.6) is 0 Å². The van der Waals surface area contributed by atoms with E-state index in [1.165, 1.54) is 18.2 Å². The van der Waals surface area contributed by atoms with E-state index in [0.29, 0.717) is 5.56 Å². The van der Waals surface area contributed by atoms with Gasteiger partial charge in [0, 0.05) is 11.3 Å². The predicted octanol–water partition coefficient (Wildman–Crippen LogP) is 1.58. The second kappa shape index (κ2) is 4.20. The Labute approximate surface area is 92.4 Å². The van der Waals surface area contributed by atoms with Crippen molar-refractivity contribution in [3.8, 4) is 0 Å². The number of hydrogen-bond donors (Lipinski definition) is 1. The van der Waals surface area contributed by atoms with E-state index in [0.717, 1.165) is 6.26 Å². The Morgan fingerprint density at radius 3 is 2.53 bits per heavy atom. The van der Waals surface area contributed by atoms with Gasteiger partial charge in [-0.1, -0.05) is 11.6 Å². The highest BCUT2D eigenvalue weighted by Crippen LogP contribution is 2.19. The molecule has 1 rings (SSSR count). The maximum atomic E-state index is 11.0. The van der Waals surface area contributed by atoms with Crippen molar-refractivity contribution in [3.05, 3.63) is 34.3 Å². The van der Waals surface area contributed by atoms with Gasteiger partial charge in [-0.3, -0.25) is 0 Å². The molecule has 4 nitrogen and oxygen atoms in total. The van der Waals surface area contributed by atoms with Crippen LogP contribution in [0.2, 0.25) is 5.02 Å². The summed E-state index contributed by atoms with van der Waals surface area (Å²) in [4.78, 5) is 10.6. The molecule has 0 heterocycles. The summed E-state index contributed by atoms with van der Waals surface area (Å²) in [6.45, 7) is 0. The topological polar surface area (TPSA) is 71.4 Å². The van der Waals surface area contributed by atoms with Gasteiger partial charge in [-0.15, -0.1) is 0 Å². The molecule has 0 aliphatic heterocycles. The van der Waals surface area contributed by atoms with E-state index in [9.17, 15) is 13.2 Å². The number of carbonyl (C=O) groups is 1. The molecular formula is C9H9ClO4S. The van der Waals surface area contributed by atoms with Crippen LogP contribution < -0.4 is 0 Å². The second-order valence-electron chi connectivity index (χ2n) is 3.18. The zero-order valence-corrected chi connectivity index (χ0v) is 9.47. The van der Waals surface area contributed by atoms with Gasteiger partial charge in [0.2, 0.25) is 0 Å². The summed E-state index contributed by atoms with van der Waals surface area (Å²) in [6.07, 6.45) is 1.07. The number of carboxylic acids is 1. The Balaban J connectivity index is 3.17. The van der Waals surface area contributed by atoms with E-state index >= 15 is 0 Å². The Morgan fingerprint density at radius 2 is 2.07 bits per heavy atom. The molecule has 1 N–H and O–H groups in total. The molecule has 1 aromatic rings. The van der Waals surface area contributed by atoms with E-state index < -0.39 is 15.8 Å². The number of aromatic carboxylic acids is 1. The van der Waals surface area contributed by atoms with Crippen molar-refractivity contribution < 1.29 is 18.3 Å². The quantitative estimate of drug-likeness (QED) is 0.882. The first-order valence-corrected chi connectivity index (χ1v) is 6.43. The molecule has 0 fully saturated rings. The normalized spacial score (nSPS) is 11.3. The summed E-state index contributed by atoms with van der Waals surface area (Å²) < 4.78 is 22.1. The van der Waals surface area contributed by atoms with Crippen LogP contribution in [0.1, 0.15) is 15.9 Å². The predicted molar refractivity (Wildman–Crippen MR) is 57.0 cm³/mol. The fourth-order valence-electron chi connectivity index (χ4n) is 1.10. The van der Waals surface area contributed by atoms with Crippen LogP contribution in [-0.2, 0) is 15.6 Å². The third-order valence-corrected chi connectivity index (χ3v) is 2.91. The minimum absolute atomic E-state index is 0.0260. The molecule has 0 aliphatic rings. The summed E-state index contributed by atoms with van der Waals surface area (Å²) in [5.74, 6) is -1.37. The van der Waals surface area contributed by atoms with Crippen LogP contribution in [0.4, 0.5) is 0 Å². The molecule has 82 valence electrons. The first-order valence-electron chi connectivity index (χ1n) is 3.99. The Hall–Kier alpha value is -1.07. The summed E-state index contributed by atoms with van der Waals surface area (Å²) in [7, 11) is -3.22. The average molecular weight is 249 g/mol. The maximum absolute atomic E-state index is 11.0. The van der Waals surface area contributed by atoms with Gasteiger partial charge in [-0.2, -0.15) is 0 Å². The molecule has 0 atom stereocenters. The van der Waals surface area contributed by atoms with Gasteiger partial charge in [0.15, 0.2) is 9.84 Å². The van der Waals surface area contributed by atoms with Crippen LogP contribution >= 0.6 is 11.6 Å². The fraction of sp³-hybridized carbons (Fsp3) is 0.222. The highest BCUT2D eigenvalue weighted by atomic mass is 35.5. The smallest absolute Gasteiger partial charge is 0.335 e. The van der Waals surface area contributed by atoms with Crippen molar-refractivity contribution in [1.29, 1.82) is 0 Å². The summed E-state index contributed by atoms with van der Waals surface area (Å²) in [5, 5.41) is 8.96. The molecule has 6 heteroatoms. The van der Waals surface area contributed by atoms with Gasteiger partial charge >= 0.3 is 5.97 Å². The Bertz CT molecular complexity index is 493. The first kappa shape index (κ1) is 12.0. The van der Waals surface area contributed by atoms with Crippen molar-refractivity contribution in [2.24, 2.45) is 0 Å². The molecule has 15 heavy (non-hydrogen) atoms. The lowest BCUT2D eigenvalue weighted by atomic mass is 10.1. The van der Waals surface area contributed by atoms with Crippen molar-refractivity contribution in [2.45, 2.75) is 5.75 Å². The van der Waals surface area contributed by atoms with Crippen molar-refractivity contribution in [3.63, 3.8) is 0 Å². The fourth-order valence-corrected chi connectivity index (χ4v) is 2.17. The van der Waals surface area contributed by atoms with Crippen molar-refractivity contribution in [2.75, 3.05) is 6.26 Å². The third kappa shape index (κ3) is 3.53. The lowest BCUT2D eigenvalue weighted by Gasteiger charge is -2.03. The summed E-state index contributed by atoms with van der Waals surface area (Å²) in [5.41, 5.74) is 0.331. The Kier molecular flexibility index (Phi) is 3.36. The van der Waals surface area contributed by atoms with Crippen LogP contribution in [-0.4, -0.2) is 25.7 Å². The molecule has 0 radical (unpaired) electrons. The van der Waals surface area contributed by atoms with Gasteiger partial charge in [-0.05, 0) is 23.8 Å². The van der Waals surface area contributed by atoms with E-state index in [4.69, 9.17) is 16.7 Å². The van der Waals surface area contributed by atoms with Gasteiger partial charge < -0.3 is 5.11 Å². The highest BCUT2D eigenvalue weighted by Gasteiger charge is 2.11. The van der Waals surface area contributed by atoms with Crippen molar-refractivity contribution >= 4 is 27.4 Å². The summed E-state index contributed by atoms with van der Waals surface area (Å²) in [6, 6.07) is 3.98. The van der Waals surface area contributed by atoms with E-state index in [1.54, 1.807) is 0 Å². The number of sulfone groups is 1. The van der Waals surface area contributed by atoms with E-state index in [-0.39, 0.29) is 16.3 Å². The van der Waals surface area contributed by atoms with E-state index in [2.05, 4.69) is 0 Å². The average Bonchev–Trinajstić information content (AvgIpc) is 2.06. The van der Waals surface area contributed by atoms with Gasteiger partial charge in [0.1, 0.15) is 0 Å². The Morgan fingerprint density at radius 1 is 1.47 bits per heavy atom. The molecule has 0 aliphatic carbocycles. The number of halogens is 1. The summed E-state index contributed by atoms with van der Waals surface area (Å²) >= 11 is 5.75. The van der Waals surface area contributed by atoms with Crippen LogP contribution in [0, 0.1) is 0 Å². The molecular weight excluding hydrogens is 240 g/mol. The first-order chi connectivity index (χ1) is 6.79. The van der Waals surface area contributed by atoms with Gasteiger partial charge in [-0.25, -0.2) is 13.2 Å². The highest BCUT2D eigenvalue weighted by molar-refractivity contribution is 7.89. The minimum atomic E-state index is -3.22. The molecule has 0 aromatic heterocycles. The molecule has 0 spiro atoms. The largest absolute Gasteiger partial charge is 0.478 e. The number of rotatable bonds is 3.